The quantitative estimate of drug-likeness (QED) is 0.667. The predicted molar refractivity (Wildman–Crippen MR) is 88.8 cm³/mol. The Morgan fingerprint density at radius 3 is 2.55 bits per heavy atom. The molecule has 0 aliphatic carbocycles. The fourth-order valence-electron chi connectivity index (χ4n) is 2.04. The van der Waals surface area contributed by atoms with Gasteiger partial charge in [0.05, 0.1) is 10.5 Å². The van der Waals surface area contributed by atoms with E-state index in [4.69, 9.17) is 11.6 Å². The van der Waals surface area contributed by atoms with Crippen LogP contribution in [0, 0.1) is 5.82 Å². The smallest absolute Gasteiger partial charge is 0.137 e. The van der Waals surface area contributed by atoms with E-state index in [9.17, 15) is 4.39 Å². The zero-order valence-corrected chi connectivity index (χ0v) is 14.7. The second-order valence-electron chi connectivity index (χ2n) is 4.33. The van der Waals surface area contributed by atoms with Gasteiger partial charge in [-0.05, 0) is 57.9 Å². The first-order valence-electron chi connectivity index (χ1n) is 6.16. The molecule has 0 aliphatic heterocycles. The highest BCUT2D eigenvalue weighted by Crippen LogP contribution is 2.32. The van der Waals surface area contributed by atoms with Gasteiger partial charge in [-0.2, -0.15) is 0 Å². The third-order valence-electron chi connectivity index (χ3n) is 2.96. The zero-order valence-electron chi connectivity index (χ0n) is 10.8. The standard InChI is InChI=1S/C15H13Br2ClFN/c1-2-20-15(9-3-6-14(19)12(17)7-9)11-5-4-10(16)8-13(11)18/h3-8,15,20H,2H2,1H3. The second kappa shape index (κ2) is 7.03. The summed E-state index contributed by atoms with van der Waals surface area (Å²) in [5.74, 6) is -0.272. The highest BCUT2D eigenvalue weighted by Gasteiger charge is 2.17. The molecule has 5 heteroatoms. The van der Waals surface area contributed by atoms with Gasteiger partial charge in [0.2, 0.25) is 0 Å². The van der Waals surface area contributed by atoms with Crippen molar-refractivity contribution in [3.8, 4) is 0 Å². The van der Waals surface area contributed by atoms with Crippen LogP contribution in [-0.2, 0) is 0 Å². The molecule has 2 aromatic carbocycles. The summed E-state index contributed by atoms with van der Waals surface area (Å²) >= 11 is 12.9. The van der Waals surface area contributed by atoms with Crippen LogP contribution in [0.4, 0.5) is 4.39 Å². The molecule has 0 saturated heterocycles. The number of nitrogens with one attached hydrogen (secondary N) is 1. The Kier molecular flexibility index (Phi) is 5.61. The van der Waals surface area contributed by atoms with Crippen LogP contribution in [0.5, 0.6) is 0 Å². The molecule has 0 aromatic heterocycles. The van der Waals surface area contributed by atoms with Crippen LogP contribution in [0.25, 0.3) is 0 Å². The van der Waals surface area contributed by atoms with Gasteiger partial charge >= 0.3 is 0 Å². The van der Waals surface area contributed by atoms with E-state index in [1.165, 1.54) is 6.07 Å². The second-order valence-corrected chi connectivity index (χ2v) is 6.51. The lowest BCUT2D eigenvalue weighted by molar-refractivity contribution is 0.608. The minimum atomic E-state index is -0.272. The molecule has 2 rings (SSSR count). The Balaban J connectivity index is 2.47. The number of hydrogen-bond acceptors (Lipinski definition) is 1. The van der Waals surface area contributed by atoms with Crippen molar-refractivity contribution >= 4 is 43.5 Å². The minimum absolute atomic E-state index is 0.0718. The van der Waals surface area contributed by atoms with Crippen LogP contribution < -0.4 is 5.32 Å². The van der Waals surface area contributed by atoms with Gasteiger partial charge in [0.1, 0.15) is 5.82 Å². The largest absolute Gasteiger partial charge is 0.306 e. The third-order valence-corrected chi connectivity index (χ3v) is 4.39. The molecule has 2 aromatic rings. The van der Waals surface area contributed by atoms with Gasteiger partial charge in [-0.1, -0.05) is 46.6 Å². The van der Waals surface area contributed by atoms with Crippen molar-refractivity contribution in [2.45, 2.75) is 13.0 Å². The van der Waals surface area contributed by atoms with Crippen LogP contribution in [0.2, 0.25) is 5.02 Å². The maximum absolute atomic E-state index is 13.4. The summed E-state index contributed by atoms with van der Waals surface area (Å²) in [5, 5.41) is 4.05. The Morgan fingerprint density at radius 2 is 1.95 bits per heavy atom. The summed E-state index contributed by atoms with van der Waals surface area (Å²) in [4.78, 5) is 0. The van der Waals surface area contributed by atoms with Gasteiger partial charge in [-0.25, -0.2) is 4.39 Å². The van der Waals surface area contributed by atoms with Gasteiger partial charge in [0, 0.05) is 9.50 Å². The average molecular weight is 422 g/mol. The molecule has 1 atom stereocenters. The van der Waals surface area contributed by atoms with Crippen molar-refractivity contribution in [3.05, 3.63) is 67.3 Å². The highest BCUT2D eigenvalue weighted by molar-refractivity contribution is 9.10. The van der Waals surface area contributed by atoms with Gasteiger partial charge in [0.15, 0.2) is 0 Å². The lowest BCUT2D eigenvalue weighted by Gasteiger charge is -2.20. The van der Waals surface area contributed by atoms with E-state index in [0.717, 1.165) is 22.1 Å². The van der Waals surface area contributed by atoms with Crippen molar-refractivity contribution in [2.75, 3.05) is 6.54 Å². The summed E-state index contributed by atoms with van der Waals surface area (Å²) in [6, 6.07) is 10.7. The molecule has 0 aliphatic rings. The van der Waals surface area contributed by atoms with Crippen molar-refractivity contribution in [2.24, 2.45) is 0 Å². The lowest BCUT2D eigenvalue weighted by Crippen LogP contribution is -2.22. The first-order valence-corrected chi connectivity index (χ1v) is 8.12. The monoisotopic (exact) mass is 419 g/mol. The highest BCUT2D eigenvalue weighted by atomic mass is 79.9. The molecule has 0 saturated carbocycles. The predicted octanol–water partition coefficient (Wildman–Crippen LogP) is 5.70. The Labute approximate surface area is 139 Å². The Hall–Kier alpha value is -0.420. The van der Waals surface area contributed by atoms with Crippen molar-refractivity contribution in [3.63, 3.8) is 0 Å². The maximum Gasteiger partial charge on any atom is 0.137 e. The van der Waals surface area contributed by atoms with Crippen LogP contribution in [0.1, 0.15) is 24.1 Å². The topological polar surface area (TPSA) is 12.0 Å². The van der Waals surface area contributed by atoms with Crippen molar-refractivity contribution < 1.29 is 4.39 Å². The molecule has 106 valence electrons. The number of hydrogen-bond donors (Lipinski definition) is 1. The molecule has 0 fully saturated rings. The van der Waals surface area contributed by atoms with Crippen LogP contribution in [0.15, 0.2) is 45.3 Å². The van der Waals surface area contributed by atoms with Crippen molar-refractivity contribution in [1.29, 1.82) is 0 Å². The molecular formula is C15H13Br2ClFN. The molecule has 1 N–H and O–H groups in total. The van der Waals surface area contributed by atoms with Gasteiger partial charge in [0.25, 0.3) is 0 Å². The van der Waals surface area contributed by atoms with E-state index in [2.05, 4.69) is 37.2 Å². The SMILES string of the molecule is CCNC(c1ccc(F)c(Br)c1)c1ccc(Br)cc1Cl. The molecule has 0 bridgehead atoms. The van der Waals surface area contributed by atoms with E-state index >= 15 is 0 Å². The Morgan fingerprint density at radius 1 is 1.20 bits per heavy atom. The third kappa shape index (κ3) is 3.61. The molecule has 1 nitrogen and oxygen atoms in total. The molecular weight excluding hydrogens is 408 g/mol. The molecule has 0 radical (unpaired) electrons. The van der Waals surface area contributed by atoms with Crippen molar-refractivity contribution in [1.82, 2.24) is 5.32 Å². The summed E-state index contributed by atoms with van der Waals surface area (Å²) in [6.45, 7) is 2.81. The molecule has 1 unspecified atom stereocenters. The summed E-state index contributed by atoms with van der Waals surface area (Å²) in [6.07, 6.45) is 0. The van der Waals surface area contributed by atoms with E-state index < -0.39 is 0 Å². The van der Waals surface area contributed by atoms with Crippen LogP contribution >= 0.6 is 43.5 Å². The molecule has 0 spiro atoms. The van der Waals surface area contributed by atoms with E-state index in [0.29, 0.717) is 9.50 Å². The molecule has 0 heterocycles. The van der Waals surface area contributed by atoms with Crippen LogP contribution in [0.3, 0.4) is 0 Å². The van der Waals surface area contributed by atoms with Gasteiger partial charge in [-0.3, -0.25) is 0 Å². The first kappa shape index (κ1) is 16.0. The van der Waals surface area contributed by atoms with Gasteiger partial charge < -0.3 is 5.32 Å². The fourth-order valence-corrected chi connectivity index (χ4v) is 3.22. The minimum Gasteiger partial charge on any atom is -0.306 e. The average Bonchev–Trinajstić information content (AvgIpc) is 2.40. The fraction of sp³-hybridized carbons (Fsp3) is 0.200. The van der Waals surface area contributed by atoms with E-state index in [1.54, 1.807) is 12.1 Å². The summed E-state index contributed by atoms with van der Waals surface area (Å²) in [7, 11) is 0. The van der Waals surface area contributed by atoms with Gasteiger partial charge in [-0.15, -0.1) is 0 Å². The summed E-state index contributed by atoms with van der Waals surface area (Å²) < 4.78 is 14.8. The number of halogens is 4. The molecule has 20 heavy (non-hydrogen) atoms. The van der Waals surface area contributed by atoms with Crippen LogP contribution in [-0.4, -0.2) is 6.54 Å². The Bertz CT molecular complexity index is 619. The first-order chi connectivity index (χ1) is 9.52. The summed E-state index contributed by atoms with van der Waals surface area (Å²) in [5.41, 5.74) is 1.93. The van der Waals surface area contributed by atoms with E-state index in [-0.39, 0.29) is 11.9 Å². The molecule has 0 amide bonds. The number of benzene rings is 2. The zero-order chi connectivity index (χ0) is 14.7. The van der Waals surface area contributed by atoms with E-state index in [1.807, 2.05) is 25.1 Å². The normalized spacial score (nSPS) is 12.4. The maximum atomic E-state index is 13.4. The lowest BCUT2D eigenvalue weighted by atomic mass is 9.98. The number of rotatable bonds is 4.